The van der Waals surface area contributed by atoms with Crippen LogP contribution in [-0.2, 0) is 16.1 Å². The van der Waals surface area contributed by atoms with Crippen molar-refractivity contribution < 1.29 is 9.59 Å². The molecule has 4 atom stereocenters. The maximum absolute atomic E-state index is 13.6. The number of amides is 2. The van der Waals surface area contributed by atoms with Crippen LogP contribution in [0.5, 0.6) is 0 Å². The molecule has 0 radical (unpaired) electrons. The molecule has 1 aromatic carbocycles. The third-order valence-electron chi connectivity index (χ3n) is 6.84. The van der Waals surface area contributed by atoms with Crippen molar-refractivity contribution in [2.45, 2.75) is 31.3 Å². The smallest absolute Gasteiger partial charge is 0.250 e. The molecule has 0 spiro atoms. The number of aromatic nitrogens is 1. The van der Waals surface area contributed by atoms with Gasteiger partial charge in [0.05, 0.1) is 12.0 Å². The van der Waals surface area contributed by atoms with Gasteiger partial charge in [-0.2, -0.15) is 0 Å². The van der Waals surface area contributed by atoms with Gasteiger partial charge in [-0.05, 0) is 24.0 Å². The average Bonchev–Trinajstić information content (AvgIpc) is 3.03. The zero-order valence-corrected chi connectivity index (χ0v) is 16.5. The van der Waals surface area contributed by atoms with E-state index in [1.807, 2.05) is 51.9 Å². The van der Waals surface area contributed by atoms with Gasteiger partial charge in [-0.1, -0.05) is 36.4 Å². The predicted octanol–water partition coefficient (Wildman–Crippen LogP) is 2.01. The van der Waals surface area contributed by atoms with Gasteiger partial charge in [0.2, 0.25) is 11.8 Å². The number of benzene rings is 1. The minimum Gasteiger partial charge on any atom is -0.341 e. The van der Waals surface area contributed by atoms with E-state index in [4.69, 9.17) is 0 Å². The molecule has 2 amide bonds. The molecule has 1 aromatic heterocycles. The van der Waals surface area contributed by atoms with E-state index < -0.39 is 0 Å². The Kier molecular flexibility index (Phi) is 4.30. The molecule has 3 aliphatic heterocycles. The van der Waals surface area contributed by atoms with Gasteiger partial charge in [0.25, 0.3) is 5.56 Å². The molecule has 29 heavy (non-hydrogen) atoms. The first kappa shape index (κ1) is 18.2. The summed E-state index contributed by atoms with van der Waals surface area (Å²) in [6.45, 7) is 1.95. The number of carbonyl (C=O) groups is 2. The van der Waals surface area contributed by atoms with Crippen molar-refractivity contribution in [1.82, 2.24) is 14.4 Å². The summed E-state index contributed by atoms with van der Waals surface area (Å²) >= 11 is 0. The number of hydrogen-bond donors (Lipinski definition) is 0. The van der Waals surface area contributed by atoms with Crippen LogP contribution in [0.15, 0.2) is 53.3 Å². The summed E-state index contributed by atoms with van der Waals surface area (Å²) in [7, 11) is 1.79. The molecule has 3 aliphatic rings. The van der Waals surface area contributed by atoms with Crippen molar-refractivity contribution in [1.29, 1.82) is 0 Å². The fraction of sp³-hybridized carbons (Fsp3) is 0.435. The Morgan fingerprint density at radius 2 is 1.76 bits per heavy atom. The lowest BCUT2D eigenvalue weighted by molar-refractivity contribution is -0.139. The summed E-state index contributed by atoms with van der Waals surface area (Å²) in [5.74, 6) is 0.205. The molecule has 4 heterocycles. The zero-order valence-electron chi connectivity index (χ0n) is 16.5. The number of fused-ring (bicyclic) bond motifs is 4. The SMILES string of the molecule is CN1C(=O)CC(C(=O)N2CC3CC(C2)c2cccc(=O)n2C3)C1c1ccccc1. The van der Waals surface area contributed by atoms with Crippen molar-refractivity contribution in [2.75, 3.05) is 20.1 Å². The third-order valence-corrected chi connectivity index (χ3v) is 6.84. The number of carbonyl (C=O) groups excluding carboxylic acids is 2. The Hall–Kier alpha value is -2.89. The van der Waals surface area contributed by atoms with Crippen LogP contribution in [0.25, 0.3) is 0 Å². The summed E-state index contributed by atoms with van der Waals surface area (Å²) in [5, 5.41) is 0. The second kappa shape index (κ2) is 6.87. The van der Waals surface area contributed by atoms with Gasteiger partial charge in [-0.25, -0.2) is 0 Å². The monoisotopic (exact) mass is 391 g/mol. The van der Waals surface area contributed by atoms with Crippen LogP contribution in [-0.4, -0.2) is 46.3 Å². The van der Waals surface area contributed by atoms with Crippen LogP contribution < -0.4 is 5.56 Å². The summed E-state index contributed by atoms with van der Waals surface area (Å²) in [6, 6.07) is 15.1. The Morgan fingerprint density at radius 3 is 2.55 bits per heavy atom. The maximum atomic E-state index is 13.6. The largest absolute Gasteiger partial charge is 0.341 e. The van der Waals surface area contributed by atoms with E-state index in [0.717, 1.165) is 17.7 Å². The minimum absolute atomic E-state index is 0.0197. The first-order chi connectivity index (χ1) is 14.0. The highest BCUT2D eigenvalue weighted by Gasteiger charge is 2.46. The first-order valence-electron chi connectivity index (χ1n) is 10.3. The van der Waals surface area contributed by atoms with E-state index in [0.29, 0.717) is 19.6 Å². The van der Waals surface area contributed by atoms with Crippen LogP contribution in [0.4, 0.5) is 0 Å². The van der Waals surface area contributed by atoms with Gasteiger partial charge < -0.3 is 14.4 Å². The number of pyridine rings is 1. The molecule has 2 bridgehead atoms. The normalized spacial score (nSPS) is 28.4. The molecule has 6 heteroatoms. The van der Waals surface area contributed by atoms with Crippen LogP contribution in [0.1, 0.15) is 36.1 Å². The van der Waals surface area contributed by atoms with Gasteiger partial charge in [-0.15, -0.1) is 0 Å². The molecule has 0 aliphatic carbocycles. The number of rotatable bonds is 2. The van der Waals surface area contributed by atoms with Crippen LogP contribution >= 0.6 is 0 Å². The number of piperidine rings is 1. The second-order valence-corrected chi connectivity index (χ2v) is 8.61. The Labute approximate surface area is 169 Å². The van der Waals surface area contributed by atoms with E-state index in [-0.39, 0.29) is 47.6 Å². The van der Waals surface area contributed by atoms with E-state index >= 15 is 0 Å². The Morgan fingerprint density at radius 1 is 0.966 bits per heavy atom. The number of nitrogens with zero attached hydrogens (tertiary/aromatic N) is 3. The summed E-state index contributed by atoms with van der Waals surface area (Å²) in [6.07, 6.45) is 1.27. The van der Waals surface area contributed by atoms with Crippen molar-refractivity contribution in [3.05, 3.63) is 70.1 Å². The molecule has 5 rings (SSSR count). The Balaban J connectivity index is 1.42. The first-order valence-corrected chi connectivity index (χ1v) is 10.3. The third kappa shape index (κ3) is 2.98. The lowest BCUT2D eigenvalue weighted by Crippen LogP contribution is -2.51. The predicted molar refractivity (Wildman–Crippen MR) is 108 cm³/mol. The second-order valence-electron chi connectivity index (χ2n) is 8.61. The lowest BCUT2D eigenvalue weighted by Gasteiger charge is -2.43. The quantitative estimate of drug-likeness (QED) is 0.787. The maximum Gasteiger partial charge on any atom is 0.250 e. The highest BCUT2D eigenvalue weighted by Crippen LogP contribution is 2.41. The van der Waals surface area contributed by atoms with Gasteiger partial charge in [0.1, 0.15) is 0 Å². The molecule has 150 valence electrons. The van der Waals surface area contributed by atoms with Crippen molar-refractivity contribution in [2.24, 2.45) is 11.8 Å². The van der Waals surface area contributed by atoms with Crippen LogP contribution in [0, 0.1) is 11.8 Å². The number of hydrogen-bond acceptors (Lipinski definition) is 3. The fourth-order valence-electron chi connectivity index (χ4n) is 5.51. The topological polar surface area (TPSA) is 62.6 Å². The van der Waals surface area contributed by atoms with Crippen LogP contribution in [0.2, 0.25) is 0 Å². The molecule has 0 saturated carbocycles. The molecular weight excluding hydrogens is 366 g/mol. The lowest BCUT2D eigenvalue weighted by atomic mass is 9.82. The molecule has 0 N–H and O–H groups in total. The standard InChI is InChI=1S/C23H25N3O3/c1-24-21(28)11-18(22(24)16-6-3-2-4-7-16)23(29)25-12-15-10-17(14-25)19-8-5-9-20(27)26(19)13-15/h2-9,15,17-18,22H,10-14H2,1H3. The Bertz CT molecular complexity index is 1020. The van der Waals surface area contributed by atoms with Gasteiger partial charge >= 0.3 is 0 Å². The molecule has 2 fully saturated rings. The van der Waals surface area contributed by atoms with Crippen molar-refractivity contribution in [3.8, 4) is 0 Å². The number of likely N-dealkylation sites (tertiary alicyclic amines) is 2. The molecular formula is C23H25N3O3. The van der Waals surface area contributed by atoms with E-state index in [2.05, 4.69) is 0 Å². The molecule has 2 saturated heterocycles. The molecule has 4 unspecified atom stereocenters. The van der Waals surface area contributed by atoms with Crippen LogP contribution in [0.3, 0.4) is 0 Å². The van der Waals surface area contributed by atoms with Crippen molar-refractivity contribution in [3.63, 3.8) is 0 Å². The van der Waals surface area contributed by atoms with Gasteiger partial charge in [0.15, 0.2) is 0 Å². The van der Waals surface area contributed by atoms with E-state index in [1.54, 1.807) is 18.0 Å². The summed E-state index contributed by atoms with van der Waals surface area (Å²) in [5.41, 5.74) is 2.09. The highest BCUT2D eigenvalue weighted by molar-refractivity contribution is 5.90. The highest BCUT2D eigenvalue weighted by atomic mass is 16.2. The zero-order chi connectivity index (χ0) is 20.1. The minimum atomic E-state index is -0.355. The van der Waals surface area contributed by atoms with Crippen molar-refractivity contribution >= 4 is 11.8 Å². The van der Waals surface area contributed by atoms with E-state index in [1.165, 1.54) is 0 Å². The summed E-state index contributed by atoms with van der Waals surface area (Å²) in [4.78, 5) is 41.9. The molecule has 6 nitrogen and oxygen atoms in total. The average molecular weight is 391 g/mol. The van der Waals surface area contributed by atoms with Gasteiger partial charge in [0, 0.05) is 50.8 Å². The molecule has 2 aromatic rings. The summed E-state index contributed by atoms with van der Waals surface area (Å²) < 4.78 is 1.88. The van der Waals surface area contributed by atoms with E-state index in [9.17, 15) is 14.4 Å². The van der Waals surface area contributed by atoms with Gasteiger partial charge in [-0.3, -0.25) is 14.4 Å². The fourth-order valence-corrected chi connectivity index (χ4v) is 5.51.